The first-order valence-corrected chi connectivity index (χ1v) is 9.21. The first-order valence-electron chi connectivity index (χ1n) is 9.21. The quantitative estimate of drug-likeness (QED) is 0.670. The van der Waals surface area contributed by atoms with E-state index in [4.69, 9.17) is 0 Å². The Bertz CT molecular complexity index is 902. The summed E-state index contributed by atoms with van der Waals surface area (Å²) in [7, 11) is 2.01. The molecule has 4 rings (SSSR count). The van der Waals surface area contributed by atoms with Crippen molar-refractivity contribution in [2.45, 2.75) is 38.8 Å². The van der Waals surface area contributed by atoms with Crippen LogP contribution in [0, 0.1) is 6.92 Å². The van der Waals surface area contributed by atoms with Crippen molar-refractivity contribution in [1.29, 1.82) is 0 Å². The van der Waals surface area contributed by atoms with E-state index in [0.29, 0.717) is 19.0 Å². The largest absolute Gasteiger partial charge is 0.341 e. The van der Waals surface area contributed by atoms with Crippen LogP contribution in [-0.4, -0.2) is 58.0 Å². The summed E-state index contributed by atoms with van der Waals surface area (Å²) < 4.78 is 5.76. The second-order valence-corrected chi connectivity index (χ2v) is 7.14. The van der Waals surface area contributed by atoms with Crippen LogP contribution in [-0.2, 0) is 24.9 Å². The Balaban J connectivity index is 1.35. The van der Waals surface area contributed by atoms with Gasteiger partial charge in [0, 0.05) is 44.6 Å². The molecule has 9 nitrogen and oxygen atoms in total. The number of piperidine rings is 1. The van der Waals surface area contributed by atoms with Gasteiger partial charge in [-0.1, -0.05) is 0 Å². The third kappa shape index (κ3) is 3.76. The van der Waals surface area contributed by atoms with Crippen LogP contribution in [0.4, 0.5) is 0 Å². The number of rotatable bonds is 5. The standard InChI is InChI=1S/C18H24N8O/c1-14-9-20-26(10-14)12-17(27)25-6-3-15(4-7-25)18-22-21-16(23(18)2)11-24-8-5-19-13-24/h5,8-10,13,15H,3-4,6-7,11-12H2,1-2H3. The fourth-order valence-electron chi connectivity index (χ4n) is 3.59. The molecule has 0 atom stereocenters. The van der Waals surface area contributed by atoms with Gasteiger partial charge in [-0.25, -0.2) is 4.98 Å². The van der Waals surface area contributed by atoms with Crippen molar-refractivity contribution in [3.8, 4) is 0 Å². The molecule has 0 aromatic carbocycles. The number of aryl methyl sites for hydroxylation is 1. The van der Waals surface area contributed by atoms with Crippen molar-refractivity contribution in [2.24, 2.45) is 7.05 Å². The van der Waals surface area contributed by atoms with Crippen LogP contribution in [0.15, 0.2) is 31.1 Å². The summed E-state index contributed by atoms with van der Waals surface area (Å²) in [4.78, 5) is 18.5. The number of carbonyl (C=O) groups is 1. The molecule has 3 aromatic heterocycles. The lowest BCUT2D eigenvalue weighted by atomic mass is 9.96. The Hall–Kier alpha value is -2.97. The van der Waals surface area contributed by atoms with E-state index in [2.05, 4.69) is 24.8 Å². The molecule has 142 valence electrons. The highest BCUT2D eigenvalue weighted by atomic mass is 16.2. The van der Waals surface area contributed by atoms with Gasteiger partial charge in [-0.05, 0) is 25.3 Å². The molecule has 0 unspecified atom stereocenters. The molecule has 0 spiro atoms. The van der Waals surface area contributed by atoms with Gasteiger partial charge in [0.15, 0.2) is 5.82 Å². The van der Waals surface area contributed by atoms with Crippen molar-refractivity contribution in [3.05, 3.63) is 48.3 Å². The molecule has 3 aromatic rings. The van der Waals surface area contributed by atoms with Gasteiger partial charge in [0.2, 0.25) is 5.91 Å². The van der Waals surface area contributed by atoms with Crippen molar-refractivity contribution >= 4 is 5.91 Å². The summed E-state index contributed by atoms with van der Waals surface area (Å²) in [6.07, 6.45) is 10.9. The Morgan fingerprint density at radius 1 is 1.26 bits per heavy atom. The fraction of sp³-hybridized carbons (Fsp3) is 0.500. The molecular formula is C18H24N8O. The predicted molar refractivity (Wildman–Crippen MR) is 97.9 cm³/mol. The maximum Gasteiger partial charge on any atom is 0.244 e. The Kier molecular flexibility index (Phi) is 4.74. The summed E-state index contributed by atoms with van der Waals surface area (Å²) in [5.41, 5.74) is 1.07. The molecule has 4 heterocycles. The van der Waals surface area contributed by atoms with Crippen LogP contribution < -0.4 is 0 Å². The molecule has 0 aliphatic carbocycles. The molecule has 9 heteroatoms. The molecule has 0 bridgehead atoms. The van der Waals surface area contributed by atoms with E-state index >= 15 is 0 Å². The van der Waals surface area contributed by atoms with E-state index in [1.54, 1.807) is 23.4 Å². The number of nitrogens with zero attached hydrogens (tertiary/aromatic N) is 8. The highest BCUT2D eigenvalue weighted by molar-refractivity contribution is 5.76. The number of hydrogen-bond donors (Lipinski definition) is 0. The molecular weight excluding hydrogens is 344 g/mol. The first kappa shape index (κ1) is 17.4. The zero-order valence-corrected chi connectivity index (χ0v) is 15.7. The van der Waals surface area contributed by atoms with Crippen LogP contribution in [0.2, 0.25) is 0 Å². The third-order valence-corrected chi connectivity index (χ3v) is 5.15. The number of amides is 1. The summed E-state index contributed by atoms with van der Waals surface area (Å²) in [6, 6.07) is 0. The summed E-state index contributed by atoms with van der Waals surface area (Å²) >= 11 is 0. The smallest absolute Gasteiger partial charge is 0.244 e. The lowest BCUT2D eigenvalue weighted by Gasteiger charge is -2.31. The van der Waals surface area contributed by atoms with Gasteiger partial charge >= 0.3 is 0 Å². The molecule has 1 fully saturated rings. The van der Waals surface area contributed by atoms with Crippen LogP contribution in [0.3, 0.4) is 0 Å². The van der Waals surface area contributed by atoms with Crippen molar-refractivity contribution in [3.63, 3.8) is 0 Å². The highest BCUT2D eigenvalue weighted by Crippen LogP contribution is 2.27. The number of likely N-dealkylation sites (tertiary alicyclic amines) is 1. The minimum atomic E-state index is 0.121. The van der Waals surface area contributed by atoms with Crippen molar-refractivity contribution < 1.29 is 4.79 Å². The van der Waals surface area contributed by atoms with Crippen LogP contribution >= 0.6 is 0 Å². The molecule has 27 heavy (non-hydrogen) atoms. The van der Waals surface area contributed by atoms with Crippen LogP contribution in [0.1, 0.15) is 36.0 Å². The van der Waals surface area contributed by atoms with E-state index in [1.165, 1.54) is 0 Å². The van der Waals surface area contributed by atoms with Gasteiger partial charge in [0.05, 0.1) is 19.1 Å². The van der Waals surface area contributed by atoms with Gasteiger partial charge < -0.3 is 14.0 Å². The highest BCUT2D eigenvalue weighted by Gasteiger charge is 2.27. The second-order valence-electron chi connectivity index (χ2n) is 7.14. The van der Waals surface area contributed by atoms with Gasteiger partial charge in [-0.15, -0.1) is 10.2 Å². The first-order chi connectivity index (χ1) is 13.1. The number of carbonyl (C=O) groups excluding carboxylic acids is 1. The van der Waals surface area contributed by atoms with Gasteiger partial charge in [0.1, 0.15) is 12.4 Å². The molecule has 0 N–H and O–H groups in total. The molecule has 0 radical (unpaired) electrons. The molecule has 1 saturated heterocycles. The van der Waals surface area contributed by atoms with E-state index in [1.807, 2.05) is 35.8 Å². The third-order valence-electron chi connectivity index (χ3n) is 5.15. The maximum atomic E-state index is 12.5. The van der Waals surface area contributed by atoms with Gasteiger partial charge in [0.25, 0.3) is 0 Å². The molecule has 1 aliphatic heterocycles. The zero-order chi connectivity index (χ0) is 18.8. The Morgan fingerprint density at radius 3 is 2.74 bits per heavy atom. The van der Waals surface area contributed by atoms with E-state index in [-0.39, 0.29) is 5.91 Å². The summed E-state index contributed by atoms with van der Waals surface area (Å²) in [5.74, 6) is 2.36. The number of hydrogen-bond acceptors (Lipinski definition) is 5. The van der Waals surface area contributed by atoms with E-state index < -0.39 is 0 Å². The fourth-order valence-corrected chi connectivity index (χ4v) is 3.59. The SMILES string of the molecule is Cc1cnn(CC(=O)N2CCC(c3nnc(Cn4ccnc4)n3C)CC2)c1. The second kappa shape index (κ2) is 7.34. The number of aromatic nitrogens is 7. The maximum absolute atomic E-state index is 12.5. The average molecular weight is 368 g/mol. The minimum Gasteiger partial charge on any atom is -0.341 e. The Morgan fingerprint density at radius 2 is 2.07 bits per heavy atom. The van der Waals surface area contributed by atoms with Gasteiger partial charge in [-0.3, -0.25) is 9.48 Å². The topological polar surface area (TPSA) is 86.7 Å². The lowest BCUT2D eigenvalue weighted by Crippen LogP contribution is -2.40. The Labute approximate surface area is 157 Å². The van der Waals surface area contributed by atoms with Gasteiger partial charge in [-0.2, -0.15) is 5.10 Å². The summed E-state index contributed by atoms with van der Waals surface area (Å²) in [6.45, 7) is 4.42. The molecule has 0 saturated carbocycles. The molecule has 1 amide bonds. The van der Waals surface area contributed by atoms with E-state index in [9.17, 15) is 4.79 Å². The molecule has 1 aliphatic rings. The van der Waals surface area contributed by atoms with Crippen LogP contribution in [0.25, 0.3) is 0 Å². The lowest BCUT2D eigenvalue weighted by molar-refractivity contribution is -0.133. The van der Waals surface area contributed by atoms with Crippen LogP contribution in [0.5, 0.6) is 0 Å². The van der Waals surface area contributed by atoms with Crippen molar-refractivity contribution in [2.75, 3.05) is 13.1 Å². The number of imidazole rings is 1. The van der Waals surface area contributed by atoms with E-state index in [0.717, 1.165) is 43.1 Å². The monoisotopic (exact) mass is 368 g/mol. The summed E-state index contributed by atoms with van der Waals surface area (Å²) in [5, 5.41) is 13.0. The predicted octanol–water partition coefficient (Wildman–Crippen LogP) is 0.971. The van der Waals surface area contributed by atoms with Crippen molar-refractivity contribution in [1.82, 2.24) is 39.0 Å². The minimum absolute atomic E-state index is 0.121. The average Bonchev–Trinajstić information content (AvgIpc) is 3.40. The zero-order valence-electron chi connectivity index (χ0n) is 15.7. The normalized spacial score (nSPS) is 15.4.